The van der Waals surface area contributed by atoms with Crippen LogP contribution in [0.15, 0.2) is 34.1 Å². The van der Waals surface area contributed by atoms with E-state index in [-0.39, 0.29) is 10.6 Å². The van der Waals surface area contributed by atoms with Crippen molar-refractivity contribution in [3.05, 3.63) is 55.4 Å². The molecule has 0 N–H and O–H groups in total. The monoisotopic (exact) mass is 382 g/mol. The van der Waals surface area contributed by atoms with E-state index in [4.69, 9.17) is 11.6 Å². The van der Waals surface area contributed by atoms with Gasteiger partial charge in [-0.2, -0.15) is 0 Å². The maximum absolute atomic E-state index is 13.0. The molecule has 1 aromatic carbocycles. The Morgan fingerprint density at radius 3 is 2.62 bits per heavy atom. The topological polar surface area (TPSA) is 0 Å². The summed E-state index contributed by atoms with van der Waals surface area (Å²) in [6.07, 6.45) is 0. The average molecular weight is 384 g/mol. The molecule has 1 aromatic heterocycles. The Morgan fingerprint density at radius 2 is 2.06 bits per heavy atom. The van der Waals surface area contributed by atoms with Gasteiger partial charge in [-0.25, -0.2) is 4.39 Å². The molecule has 84 valence electrons. The van der Waals surface area contributed by atoms with E-state index in [9.17, 15) is 4.39 Å². The van der Waals surface area contributed by atoms with Gasteiger partial charge in [-0.05, 0) is 29.1 Å². The molecule has 2 rings (SSSR count). The van der Waals surface area contributed by atoms with E-state index in [0.29, 0.717) is 0 Å². The van der Waals surface area contributed by atoms with Crippen molar-refractivity contribution >= 4 is 54.8 Å². The highest BCUT2D eigenvalue weighted by atomic mass is 79.9. The van der Waals surface area contributed by atoms with Crippen molar-refractivity contribution in [2.45, 2.75) is 4.83 Å². The van der Waals surface area contributed by atoms with Crippen LogP contribution in [0.3, 0.4) is 0 Å². The van der Waals surface area contributed by atoms with Gasteiger partial charge in [0.05, 0.1) is 9.85 Å². The van der Waals surface area contributed by atoms with Gasteiger partial charge in [-0.3, -0.25) is 0 Å². The fourth-order valence-electron chi connectivity index (χ4n) is 1.33. The maximum atomic E-state index is 13.0. The lowest BCUT2D eigenvalue weighted by Gasteiger charge is -2.11. The normalized spacial score (nSPS) is 12.8. The standard InChI is InChI=1S/C11H6Br2ClFS/c12-8-5-6(15)1-2-7(8)10(13)11-9(14)3-4-16-11/h1-5,10H. The summed E-state index contributed by atoms with van der Waals surface area (Å²) >= 11 is 14.6. The summed E-state index contributed by atoms with van der Waals surface area (Å²) in [5.74, 6) is -0.257. The molecular weight excluding hydrogens is 378 g/mol. The second-order valence-corrected chi connectivity index (χ2v) is 6.29. The van der Waals surface area contributed by atoms with E-state index in [0.717, 1.165) is 19.9 Å². The molecule has 0 aliphatic carbocycles. The van der Waals surface area contributed by atoms with Gasteiger partial charge < -0.3 is 0 Å². The molecule has 0 saturated heterocycles. The van der Waals surface area contributed by atoms with Crippen LogP contribution in [0.4, 0.5) is 4.39 Å². The number of hydrogen-bond acceptors (Lipinski definition) is 1. The molecule has 0 aliphatic heterocycles. The summed E-state index contributed by atoms with van der Waals surface area (Å²) in [6, 6.07) is 6.49. The van der Waals surface area contributed by atoms with Crippen LogP contribution in [-0.2, 0) is 0 Å². The van der Waals surface area contributed by atoms with Crippen LogP contribution in [-0.4, -0.2) is 0 Å². The zero-order valence-corrected chi connectivity index (χ0v) is 12.6. The third kappa shape index (κ3) is 2.50. The number of alkyl halides is 1. The Balaban J connectivity index is 2.41. The largest absolute Gasteiger partial charge is 0.207 e. The lowest BCUT2D eigenvalue weighted by Crippen LogP contribution is -1.92. The molecule has 1 atom stereocenters. The van der Waals surface area contributed by atoms with Crippen LogP contribution in [0.1, 0.15) is 15.3 Å². The van der Waals surface area contributed by atoms with E-state index >= 15 is 0 Å². The predicted octanol–water partition coefficient (Wildman–Crippen LogP) is 5.79. The van der Waals surface area contributed by atoms with Crippen LogP contribution < -0.4 is 0 Å². The Bertz CT molecular complexity index is 512. The fourth-order valence-corrected chi connectivity index (χ4v) is 4.48. The first-order valence-electron chi connectivity index (χ1n) is 4.41. The summed E-state index contributed by atoms with van der Waals surface area (Å²) in [5.41, 5.74) is 0.964. The molecule has 0 fully saturated rings. The number of halogens is 4. The molecule has 0 nitrogen and oxygen atoms in total. The zero-order chi connectivity index (χ0) is 11.7. The molecule has 5 heteroatoms. The van der Waals surface area contributed by atoms with Crippen molar-refractivity contribution in [3.8, 4) is 0 Å². The molecule has 1 unspecified atom stereocenters. The lowest BCUT2D eigenvalue weighted by molar-refractivity contribution is 0.626. The van der Waals surface area contributed by atoms with E-state index in [1.165, 1.54) is 12.1 Å². The molecule has 1 heterocycles. The smallest absolute Gasteiger partial charge is 0.124 e. The number of hydrogen-bond donors (Lipinski definition) is 0. The summed E-state index contributed by atoms with van der Waals surface area (Å²) in [5, 5.41) is 2.66. The van der Waals surface area contributed by atoms with Crippen molar-refractivity contribution < 1.29 is 4.39 Å². The lowest BCUT2D eigenvalue weighted by atomic mass is 10.1. The first-order chi connectivity index (χ1) is 7.59. The summed E-state index contributed by atoms with van der Waals surface area (Å²) in [7, 11) is 0. The van der Waals surface area contributed by atoms with Gasteiger partial charge in [-0.1, -0.05) is 49.5 Å². The first-order valence-corrected chi connectivity index (χ1v) is 7.38. The second-order valence-electron chi connectivity index (χ2n) is 3.16. The third-order valence-corrected chi connectivity index (χ3v) is 5.47. The minimum Gasteiger partial charge on any atom is -0.207 e. The second kappa shape index (κ2) is 5.17. The molecular formula is C11H6Br2ClFS. The SMILES string of the molecule is Fc1ccc(C(Br)c2sccc2Cl)c(Br)c1. The molecule has 0 saturated carbocycles. The minimum absolute atomic E-state index is 0.0185. The Morgan fingerprint density at radius 1 is 1.31 bits per heavy atom. The quantitative estimate of drug-likeness (QED) is 0.575. The molecule has 16 heavy (non-hydrogen) atoms. The minimum atomic E-state index is -0.257. The molecule has 0 amide bonds. The molecule has 0 bridgehead atoms. The van der Waals surface area contributed by atoms with Crippen LogP contribution in [0.25, 0.3) is 0 Å². The van der Waals surface area contributed by atoms with Crippen LogP contribution >= 0.6 is 54.8 Å². The summed E-state index contributed by atoms with van der Waals surface area (Å²) in [4.78, 5) is 1.00. The van der Waals surface area contributed by atoms with Gasteiger partial charge in [0, 0.05) is 9.35 Å². The molecule has 2 aromatic rings. The van der Waals surface area contributed by atoms with Gasteiger partial charge in [0.15, 0.2) is 0 Å². The van der Waals surface area contributed by atoms with E-state index in [2.05, 4.69) is 31.9 Å². The first kappa shape index (κ1) is 12.6. The van der Waals surface area contributed by atoms with Crippen molar-refractivity contribution in [2.75, 3.05) is 0 Å². The fraction of sp³-hybridized carbons (Fsp3) is 0.0909. The van der Waals surface area contributed by atoms with E-state index < -0.39 is 0 Å². The summed E-state index contributed by atoms with van der Waals surface area (Å²) < 4.78 is 13.7. The Hall–Kier alpha value is 0.1000. The van der Waals surface area contributed by atoms with E-state index in [1.807, 2.05) is 11.4 Å². The van der Waals surface area contributed by atoms with Crippen molar-refractivity contribution in [2.24, 2.45) is 0 Å². The highest BCUT2D eigenvalue weighted by Crippen LogP contribution is 2.41. The predicted molar refractivity (Wildman–Crippen MR) is 74.2 cm³/mol. The molecule has 0 spiro atoms. The maximum Gasteiger partial charge on any atom is 0.124 e. The molecule has 0 aliphatic rings. The van der Waals surface area contributed by atoms with Gasteiger partial charge in [0.1, 0.15) is 5.82 Å². The Labute approximate surface area is 119 Å². The number of benzene rings is 1. The van der Waals surface area contributed by atoms with Gasteiger partial charge in [-0.15, -0.1) is 11.3 Å². The van der Waals surface area contributed by atoms with E-state index in [1.54, 1.807) is 17.4 Å². The van der Waals surface area contributed by atoms with Gasteiger partial charge in [0.2, 0.25) is 0 Å². The van der Waals surface area contributed by atoms with Gasteiger partial charge >= 0.3 is 0 Å². The van der Waals surface area contributed by atoms with Crippen molar-refractivity contribution in [1.82, 2.24) is 0 Å². The Kier molecular flexibility index (Phi) is 4.06. The number of rotatable bonds is 2. The van der Waals surface area contributed by atoms with Crippen LogP contribution in [0, 0.1) is 5.82 Å². The molecule has 0 radical (unpaired) electrons. The van der Waals surface area contributed by atoms with Crippen molar-refractivity contribution in [3.63, 3.8) is 0 Å². The number of thiophene rings is 1. The summed E-state index contributed by atoms with van der Waals surface area (Å²) in [6.45, 7) is 0. The van der Waals surface area contributed by atoms with Gasteiger partial charge in [0.25, 0.3) is 0 Å². The zero-order valence-electron chi connectivity index (χ0n) is 7.88. The van der Waals surface area contributed by atoms with Crippen LogP contribution in [0.2, 0.25) is 5.02 Å². The van der Waals surface area contributed by atoms with Crippen molar-refractivity contribution in [1.29, 1.82) is 0 Å². The average Bonchev–Trinajstić information content (AvgIpc) is 2.63. The third-order valence-electron chi connectivity index (χ3n) is 2.11. The highest BCUT2D eigenvalue weighted by Gasteiger charge is 2.17. The highest BCUT2D eigenvalue weighted by molar-refractivity contribution is 9.11. The van der Waals surface area contributed by atoms with Crippen LogP contribution in [0.5, 0.6) is 0 Å².